The van der Waals surface area contributed by atoms with Crippen molar-refractivity contribution in [1.82, 2.24) is 9.21 Å². The van der Waals surface area contributed by atoms with Crippen LogP contribution in [0.4, 0.5) is 5.69 Å². The number of aryl methyl sites for hydroxylation is 1. The summed E-state index contributed by atoms with van der Waals surface area (Å²) in [6.45, 7) is 4.78. The fourth-order valence-electron chi connectivity index (χ4n) is 3.22. The number of hydrogen-bond donors (Lipinski definition) is 0. The van der Waals surface area contributed by atoms with Gasteiger partial charge >= 0.3 is 0 Å². The highest BCUT2D eigenvalue weighted by atomic mass is 32.2. The predicted octanol–water partition coefficient (Wildman–Crippen LogP) is 2.17. The summed E-state index contributed by atoms with van der Waals surface area (Å²) in [6.07, 6.45) is 1.79. The van der Waals surface area contributed by atoms with Crippen LogP contribution in [0.2, 0.25) is 0 Å². The van der Waals surface area contributed by atoms with Crippen molar-refractivity contribution >= 4 is 21.6 Å². The van der Waals surface area contributed by atoms with Crippen molar-refractivity contribution < 1.29 is 18.1 Å². The molecule has 0 saturated carbocycles. The first-order valence-electron chi connectivity index (χ1n) is 8.68. The molecule has 1 amide bonds. The number of piperidine rings is 1. The molecule has 0 spiro atoms. The highest BCUT2D eigenvalue weighted by molar-refractivity contribution is 7.89. The van der Waals surface area contributed by atoms with Gasteiger partial charge in [0.05, 0.1) is 9.82 Å². The molecule has 26 heavy (non-hydrogen) atoms. The van der Waals surface area contributed by atoms with Crippen LogP contribution in [0.15, 0.2) is 23.1 Å². The summed E-state index contributed by atoms with van der Waals surface area (Å²) in [7, 11) is -2.06. The van der Waals surface area contributed by atoms with E-state index >= 15 is 0 Å². The van der Waals surface area contributed by atoms with Gasteiger partial charge in [0.25, 0.3) is 5.69 Å². The lowest BCUT2D eigenvalue weighted by Crippen LogP contribution is -2.43. The van der Waals surface area contributed by atoms with Crippen LogP contribution in [0, 0.1) is 23.0 Å². The minimum atomic E-state index is -3.82. The van der Waals surface area contributed by atoms with Gasteiger partial charge in [-0.15, -0.1) is 0 Å². The van der Waals surface area contributed by atoms with Gasteiger partial charge < -0.3 is 4.90 Å². The quantitative estimate of drug-likeness (QED) is 0.553. The maximum Gasteiger partial charge on any atom is 0.270 e. The summed E-state index contributed by atoms with van der Waals surface area (Å²) in [4.78, 5) is 24.4. The Kier molecular flexibility index (Phi) is 6.35. The zero-order valence-corrected chi connectivity index (χ0v) is 16.2. The molecule has 1 saturated heterocycles. The summed E-state index contributed by atoms with van der Waals surface area (Å²) in [6, 6.07) is 3.85. The minimum absolute atomic E-state index is 0.0421. The molecule has 0 aliphatic carbocycles. The van der Waals surface area contributed by atoms with Crippen LogP contribution in [0.5, 0.6) is 0 Å². The second-order valence-electron chi connectivity index (χ2n) is 6.65. The van der Waals surface area contributed by atoms with Crippen molar-refractivity contribution in [3.05, 3.63) is 33.9 Å². The Morgan fingerprint density at radius 1 is 1.35 bits per heavy atom. The highest BCUT2D eigenvalue weighted by Gasteiger charge is 2.34. The molecule has 1 aliphatic heterocycles. The molecule has 144 valence electrons. The zero-order chi connectivity index (χ0) is 19.5. The third-order valence-electron chi connectivity index (χ3n) is 4.74. The summed E-state index contributed by atoms with van der Waals surface area (Å²) in [5, 5.41) is 11.0. The molecule has 1 heterocycles. The molecule has 1 aliphatic rings. The topological polar surface area (TPSA) is 101 Å². The molecule has 0 N–H and O–H groups in total. The Hall–Kier alpha value is -2.00. The van der Waals surface area contributed by atoms with E-state index in [0.29, 0.717) is 24.9 Å². The lowest BCUT2D eigenvalue weighted by atomic mass is 9.96. The normalized spacial score (nSPS) is 16.4. The van der Waals surface area contributed by atoms with Gasteiger partial charge in [-0.2, -0.15) is 4.31 Å². The Balaban J connectivity index is 2.15. The number of nitro groups is 1. The second kappa shape index (κ2) is 8.13. The Labute approximate surface area is 154 Å². The number of carbonyl (C=O) groups is 1. The van der Waals surface area contributed by atoms with Crippen LogP contribution in [0.1, 0.15) is 31.7 Å². The summed E-state index contributed by atoms with van der Waals surface area (Å²) in [5.74, 6) is -0.125. The van der Waals surface area contributed by atoms with E-state index in [2.05, 4.69) is 0 Å². The van der Waals surface area contributed by atoms with Gasteiger partial charge in [-0.25, -0.2) is 8.42 Å². The number of amides is 1. The average molecular weight is 383 g/mol. The first kappa shape index (κ1) is 20.3. The van der Waals surface area contributed by atoms with Crippen LogP contribution < -0.4 is 0 Å². The van der Waals surface area contributed by atoms with Gasteiger partial charge in [0, 0.05) is 44.7 Å². The van der Waals surface area contributed by atoms with E-state index in [1.807, 2.05) is 6.92 Å². The predicted molar refractivity (Wildman–Crippen MR) is 97.2 cm³/mol. The number of nitro benzene ring substituents is 1. The van der Waals surface area contributed by atoms with Crippen molar-refractivity contribution in [3.8, 4) is 0 Å². The van der Waals surface area contributed by atoms with Crippen molar-refractivity contribution in [1.29, 1.82) is 0 Å². The van der Waals surface area contributed by atoms with E-state index in [9.17, 15) is 23.3 Å². The molecule has 0 bridgehead atoms. The molecule has 2 rings (SSSR count). The van der Waals surface area contributed by atoms with Crippen LogP contribution >= 0.6 is 0 Å². The number of benzene rings is 1. The smallest absolute Gasteiger partial charge is 0.270 e. The van der Waals surface area contributed by atoms with Gasteiger partial charge in [0.15, 0.2) is 0 Å². The molecule has 0 atom stereocenters. The lowest BCUT2D eigenvalue weighted by Gasteiger charge is -2.32. The third-order valence-corrected chi connectivity index (χ3v) is 6.78. The monoisotopic (exact) mass is 383 g/mol. The van der Waals surface area contributed by atoms with E-state index in [1.165, 1.54) is 16.4 Å². The molecule has 1 aromatic carbocycles. The van der Waals surface area contributed by atoms with Gasteiger partial charge in [0.1, 0.15) is 0 Å². The molecule has 0 unspecified atom stereocenters. The average Bonchev–Trinajstić information content (AvgIpc) is 2.61. The van der Waals surface area contributed by atoms with Crippen molar-refractivity contribution in [2.24, 2.45) is 5.92 Å². The second-order valence-corrected chi connectivity index (χ2v) is 8.55. The highest BCUT2D eigenvalue weighted by Crippen LogP contribution is 2.28. The SMILES string of the molecule is CCCN(C)C(=O)C1CCN(S(=O)(=O)c2cc([N+](=O)[O-])ccc2C)CC1. The van der Waals surface area contributed by atoms with Crippen LogP contribution in [-0.2, 0) is 14.8 Å². The van der Waals surface area contributed by atoms with Crippen molar-refractivity contribution in [2.75, 3.05) is 26.7 Å². The van der Waals surface area contributed by atoms with Crippen LogP contribution in [0.3, 0.4) is 0 Å². The zero-order valence-electron chi connectivity index (χ0n) is 15.3. The third kappa shape index (κ3) is 4.21. The standard InChI is InChI=1S/C17H25N3O5S/c1-4-9-18(3)17(21)14-7-10-19(11-8-14)26(24,25)16-12-15(20(22)23)6-5-13(16)2/h5-6,12,14H,4,7-11H2,1-3H3. The molecule has 1 fully saturated rings. The van der Waals surface area contributed by atoms with Crippen molar-refractivity contribution in [3.63, 3.8) is 0 Å². The fraction of sp³-hybridized carbons (Fsp3) is 0.588. The molecule has 9 heteroatoms. The van der Waals surface area contributed by atoms with E-state index in [-0.39, 0.29) is 35.5 Å². The maximum absolute atomic E-state index is 12.9. The fourth-order valence-corrected chi connectivity index (χ4v) is 4.93. The number of carbonyl (C=O) groups excluding carboxylic acids is 1. The number of sulfonamides is 1. The van der Waals surface area contributed by atoms with Gasteiger partial charge in [-0.3, -0.25) is 14.9 Å². The molecular formula is C17H25N3O5S. The Morgan fingerprint density at radius 2 is 1.96 bits per heavy atom. The van der Waals surface area contributed by atoms with Gasteiger partial charge in [-0.1, -0.05) is 13.0 Å². The minimum Gasteiger partial charge on any atom is -0.346 e. The number of rotatable bonds is 6. The van der Waals surface area contributed by atoms with Crippen LogP contribution in [0.25, 0.3) is 0 Å². The van der Waals surface area contributed by atoms with E-state index in [4.69, 9.17) is 0 Å². The summed E-state index contributed by atoms with van der Waals surface area (Å²) >= 11 is 0. The molecule has 8 nitrogen and oxygen atoms in total. The summed E-state index contributed by atoms with van der Waals surface area (Å²) in [5.41, 5.74) is 0.219. The van der Waals surface area contributed by atoms with Crippen molar-refractivity contribution in [2.45, 2.75) is 38.0 Å². The van der Waals surface area contributed by atoms with Crippen LogP contribution in [-0.4, -0.2) is 55.1 Å². The van der Waals surface area contributed by atoms with Gasteiger partial charge in [0.2, 0.25) is 15.9 Å². The number of non-ortho nitro benzene ring substituents is 1. The maximum atomic E-state index is 12.9. The largest absolute Gasteiger partial charge is 0.346 e. The molecule has 1 aromatic rings. The Morgan fingerprint density at radius 3 is 2.50 bits per heavy atom. The lowest BCUT2D eigenvalue weighted by molar-refractivity contribution is -0.385. The molecular weight excluding hydrogens is 358 g/mol. The van der Waals surface area contributed by atoms with E-state index in [0.717, 1.165) is 12.5 Å². The summed E-state index contributed by atoms with van der Waals surface area (Å²) < 4.78 is 27.1. The number of nitrogens with zero attached hydrogens (tertiary/aromatic N) is 3. The van der Waals surface area contributed by atoms with E-state index in [1.54, 1.807) is 18.9 Å². The van der Waals surface area contributed by atoms with Gasteiger partial charge in [-0.05, 0) is 31.7 Å². The first-order valence-corrected chi connectivity index (χ1v) is 10.1. The molecule has 0 radical (unpaired) electrons. The number of hydrogen-bond acceptors (Lipinski definition) is 5. The Bertz CT molecular complexity index is 786. The van der Waals surface area contributed by atoms with E-state index < -0.39 is 14.9 Å². The first-order chi connectivity index (χ1) is 12.2. The molecule has 0 aromatic heterocycles.